The molecule has 0 atom stereocenters. The van der Waals surface area contributed by atoms with E-state index in [-0.39, 0.29) is 17.0 Å². The zero-order valence-corrected chi connectivity index (χ0v) is 15.2. The van der Waals surface area contributed by atoms with Crippen LogP contribution in [-0.2, 0) is 20.8 Å². The van der Waals surface area contributed by atoms with E-state index in [0.29, 0.717) is 6.07 Å². The predicted molar refractivity (Wildman–Crippen MR) is 92.9 cm³/mol. The number of alkyl halides is 3. The lowest BCUT2D eigenvalue weighted by Gasteiger charge is -2.12. The largest absolute Gasteiger partial charge is 0.417 e. The lowest BCUT2D eigenvalue weighted by atomic mass is 10.2. The highest BCUT2D eigenvalue weighted by Gasteiger charge is 2.33. The summed E-state index contributed by atoms with van der Waals surface area (Å²) in [6.07, 6.45) is -5.05. The lowest BCUT2D eigenvalue weighted by Crippen LogP contribution is -2.18. The molecule has 0 spiro atoms. The standard InChI is InChI=1S/C17H15ClF3NO3S/c1-11-2-5-13(6-3-11)26(24,25)9-8-16(23)22-12-4-7-15(18)14(10-12)17(19,20)21/h2-7,10H,8-9H2,1H3,(H,22,23). The van der Waals surface area contributed by atoms with Crippen LogP contribution in [0, 0.1) is 6.92 Å². The minimum Gasteiger partial charge on any atom is -0.326 e. The van der Waals surface area contributed by atoms with Crippen LogP contribution in [0.25, 0.3) is 0 Å². The summed E-state index contributed by atoms with van der Waals surface area (Å²) in [6.45, 7) is 1.81. The van der Waals surface area contributed by atoms with Gasteiger partial charge in [-0.2, -0.15) is 13.2 Å². The van der Waals surface area contributed by atoms with Crippen LogP contribution in [0.15, 0.2) is 47.4 Å². The summed E-state index contributed by atoms with van der Waals surface area (Å²) in [6, 6.07) is 9.09. The zero-order valence-electron chi connectivity index (χ0n) is 13.6. The number of sulfone groups is 1. The fourth-order valence-electron chi connectivity index (χ4n) is 2.13. The quantitative estimate of drug-likeness (QED) is 0.798. The average molecular weight is 406 g/mol. The van der Waals surface area contributed by atoms with E-state index in [0.717, 1.165) is 11.6 Å². The number of anilines is 1. The van der Waals surface area contributed by atoms with E-state index >= 15 is 0 Å². The van der Waals surface area contributed by atoms with Crippen molar-refractivity contribution >= 4 is 33.0 Å². The third-order valence-electron chi connectivity index (χ3n) is 3.53. The number of amides is 1. The molecule has 0 fully saturated rings. The van der Waals surface area contributed by atoms with Crippen LogP contribution in [0.2, 0.25) is 5.02 Å². The molecule has 2 rings (SSSR count). The molecule has 0 aliphatic heterocycles. The second-order valence-corrected chi connectivity index (χ2v) is 8.14. The first-order chi connectivity index (χ1) is 12.0. The highest BCUT2D eigenvalue weighted by molar-refractivity contribution is 7.91. The smallest absolute Gasteiger partial charge is 0.326 e. The number of nitrogens with one attached hydrogen (secondary N) is 1. The number of benzene rings is 2. The monoisotopic (exact) mass is 405 g/mol. The number of halogens is 4. The fraction of sp³-hybridized carbons (Fsp3) is 0.235. The van der Waals surface area contributed by atoms with Crippen molar-refractivity contribution in [3.05, 3.63) is 58.6 Å². The van der Waals surface area contributed by atoms with Crippen LogP contribution in [0.3, 0.4) is 0 Å². The molecule has 1 amide bonds. The van der Waals surface area contributed by atoms with Gasteiger partial charge in [0.05, 0.1) is 21.2 Å². The third-order valence-corrected chi connectivity index (χ3v) is 5.60. The average Bonchev–Trinajstić information content (AvgIpc) is 2.54. The molecule has 0 bridgehead atoms. The molecular formula is C17H15ClF3NO3S. The van der Waals surface area contributed by atoms with E-state index in [1.165, 1.54) is 18.2 Å². The van der Waals surface area contributed by atoms with Gasteiger partial charge in [0, 0.05) is 12.1 Å². The number of carbonyl (C=O) groups excluding carboxylic acids is 1. The molecule has 2 aromatic carbocycles. The second kappa shape index (κ2) is 7.67. The summed E-state index contributed by atoms with van der Waals surface area (Å²) >= 11 is 5.51. The number of hydrogen-bond donors (Lipinski definition) is 1. The van der Waals surface area contributed by atoms with Gasteiger partial charge in [0.15, 0.2) is 9.84 Å². The van der Waals surface area contributed by atoms with Crippen molar-refractivity contribution in [1.29, 1.82) is 0 Å². The first-order valence-electron chi connectivity index (χ1n) is 7.45. The summed E-state index contributed by atoms with van der Waals surface area (Å²) in [7, 11) is -3.66. The summed E-state index contributed by atoms with van der Waals surface area (Å²) in [5, 5.41) is 1.76. The molecule has 0 unspecified atom stereocenters. The maximum atomic E-state index is 12.8. The number of hydrogen-bond acceptors (Lipinski definition) is 3. The van der Waals surface area contributed by atoms with Crippen LogP contribution in [0.5, 0.6) is 0 Å². The van der Waals surface area contributed by atoms with Gasteiger partial charge in [-0.15, -0.1) is 0 Å². The highest BCUT2D eigenvalue weighted by atomic mass is 35.5. The minimum atomic E-state index is -4.66. The molecule has 9 heteroatoms. The molecule has 0 heterocycles. The number of carbonyl (C=O) groups is 1. The molecule has 140 valence electrons. The molecule has 0 aliphatic rings. The van der Waals surface area contributed by atoms with E-state index in [2.05, 4.69) is 5.32 Å². The van der Waals surface area contributed by atoms with Gasteiger partial charge < -0.3 is 5.32 Å². The Kier molecular flexibility index (Phi) is 5.98. The SMILES string of the molecule is Cc1ccc(S(=O)(=O)CCC(=O)Nc2ccc(Cl)c(C(F)(F)F)c2)cc1. The van der Waals surface area contributed by atoms with Crippen molar-refractivity contribution in [2.75, 3.05) is 11.1 Å². The molecule has 0 aromatic heterocycles. The first kappa shape index (κ1) is 20.3. The Morgan fingerprint density at radius 3 is 2.31 bits per heavy atom. The third kappa shape index (κ3) is 5.22. The Labute approximate surface area is 153 Å². The minimum absolute atomic E-state index is 0.0850. The van der Waals surface area contributed by atoms with Gasteiger partial charge in [-0.3, -0.25) is 4.79 Å². The van der Waals surface area contributed by atoms with Crippen LogP contribution in [0.1, 0.15) is 17.5 Å². The van der Waals surface area contributed by atoms with Crippen LogP contribution in [-0.4, -0.2) is 20.1 Å². The number of rotatable bonds is 5. The topological polar surface area (TPSA) is 63.2 Å². The lowest BCUT2D eigenvalue weighted by molar-refractivity contribution is -0.137. The molecule has 0 radical (unpaired) electrons. The summed E-state index contributed by atoms with van der Waals surface area (Å²) in [4.78, 5) is 12.0. The van der Waals surface area contributed by atoms with Crippen molar-refractivity contribution < 1.29 is 26.4 Å². The molecule has 2 aromatic rings. The molecule has 0 saturated heterocycles. The van der Waals surface area contributed by atoms with Crippen molar-refractivity contribution in [1.82, 2.24) is 0 Å². The van der Waals surface area contributed by atoms with E-state index < -0.39 is 38.3 Å². The fourth-order valence-corrected chi connectivity index (χ4v) is 3.60. The van der Waals surface area contributed by atoms with E-state index in [9.17, 15) is 26.4 Å². The Morgan fingerprint density at radius 1 is 1.12 bits per heavy atom. The first-order valence-corrected chi connectivity index (χ1v) is 9.48. The van der Waals surface area contributed by atoms with Gasteiger partial charge in [-0.1, -0.05) is 29.3 Å². The maximum absolute atomic E-state index is 12.8. The Morgan fingerprint density at radius 2 is 1.73 bits per heavy atom. The van der Waals surface area contributed by atoms with Crippen molar-refractivity contribution in [3.63, 3.8) is 0 Å². The molecule has 1 N–H and O–H groups in total. The van der Waals surface area contributed by atoms with Crippen molar-refractivity contribution in [2.45, 2.75) is 24.4 Å². The Balaban J connectivity index is 2.04. The summed E-state index contributed by atoms with van der Waals surface area (Å²) in [5.74, 6) is -1.17. The molecule has 4 nitrogen and oxygen atoms in total. The number of aryl methyl sites for hydroxylation is 1. The molecular weight excluding hydrogens is 391 g/mol. The van der Waals surface area contributed by atoms with Gasteiger partial charge in [0.25, 0.3) is 0 Å². The van der Waals surface area contributed by atoms with E-state index in [1.807, 2.05) is 6.92 Å². The Bertz CT molecular complexity index is 910. The molecule has 26 heavy (non-hydrogen) atoms. The van der Waals surface area contributed by atoms with Crippen LogP contribution < -0.4 is 5.32 Å². The van der Waals surface area contributed by atoms with Gasteiger partial charge >= 0.3 is 6.18 Å². The Hall–Kier alpha value is -2.06. The predicted octanol–water partition coefficient (Wildman–Crippen LogP) is 4.47. The zero-order chi connectivity index (χ0) is 19.5. The normalized spacial score (nSPS) is 12.0. The summed E-state index contributed by atoms with van der Waals surface area (Å²) in [5.41, 5.74) is -0.298. The highest BCUT2D eigenvalue weighted by Crippen LogP contribution is 2.36. The molecule has 0 saturated carbocycles. The van der Waals surface area contributed by atoms with Crippen LogP contribution >= 0.6 is 11.6 Å². The maximum Gasteiger partial charge on any atom is 0.417 e. The van der Waals surface area contributed by atoms with E-state index in [4.69, 9.17) is 11.6 Å². The van der Waals surface area contributed by atoms with Crippen LogP contribution in [0.4, 0.5) is 18.9 Å². The second-order valence-electron chi connectivity index (χ2n) is 5.62. The summed E-state index contributed by atoms with van der Waals surface area (Å²) < 4.78 is 62.8. The van der Waals surface area contributed by atoms with Crippen molar-refractivity contribution in [3.8, 4) is 0 Å². The molecule has 0 aliphatic carbocycles. The van der Waals surface area contributed by atoms with Gasteiger partial charge in [-0.25, -0.2) is 8.42 Å². The van der Waals surface area contributed by atoms with E-state index in [1.54, 1.807) is 12.1 Å². The van der Waals surface area contributed by atoms with Gasteiger partial charge in [0.1, 0.15) is 0 Å². The van der Waals surface area contributed by atoms with Crippen molar-refractivity contribution in [2.24, 2.45) is 0 Å². The van der Waals surface area contributed by atoms with Gasteiger partial charge in [0.2, 0.25) is 5.91 Å². The van der Waals surface area contributed by atoms with Gasteiger partial charge in [-0.05, 0) is 37.3 Å².